The van der Waals surface area contributed by atoms with Crippen LogP contribution >= 0.6 is 0 Å². The van der Waals surface area contributed by atoms with Gasteiger partial charge in [-0.1, -0.05) is 37.5 Å². The highest BCUT2D eigenvalue weighted by Crippen LogP contribution is 2.34. The smallest absolute Gasteiger partial charge is 0.178 e. The van der Waals surface area contributed by atoms with Gasteiger partial charge in [-0.25, -0.2) is 8.42 Å². The Labute approximate surface area is 128 Å². The molecule has 1 heterocycles. The molecule has 0 aromatic heterocycles. The Morgan fingerprint density at radius 3 is 2.57 bits per heavy atom. The lowest BCUT2D eigenvalue weighted by Crippen LogP contribution is -2.39. The fourth-order valence-corrected chi connectivity index (χ4v) is 5.47. The summed E-state index contributed by atoms with van der Waals surface area (Å²) in [5.41, 5.74) is 0.964. The molecule has 21 heavy (non-hydrogen) atoms. The van der Waals surface area contributed by atoms with E-state index >= 15 is 0 Å². The Balaban J connectivity index is 1.77. The van der Waals surface area contributed by atoms with Gasteiger partial charge in [0.1, 0.15) is 0 Å². The van der Waals surface area contributed by atoms with Crippen LogP contribution in [0.15, 0.2) is 29.2 Å². The Morgan fingerprint density at radius 2 is 1.81 bits per heavy atom. The van der Waals surface area contributed by atoms with E-state index < -0.39 is 9.84 Å². The number of sulfone groups is 1. The van der Waals surface area contributed by atoms with Crippen molar-refractivity contribution < 1.29 is 8.42 Å². The maximum absolute atomic E-state index is 12.2. The van der Waals surface area contributed by atoms with Gasteiger partial charge >= 0.3 is 0 Å². The Kier molecular flexibility index (Phi) is 4.36. The van der Waals surface area contributed by atoms with Crippen molar-refractivity contribution in [2.24, 2.45) is 5.92 Å². The molecule has 1 aliphatic carbocycles. The number of rotatable bonds is 3. The van der Waals surface area contributed by atoms with E-state index in [1.54, 1.807) is 6.07 Å². The molecule has 3 rings (SSSR count). The minimum atomic E-state index is -3.08. The van der Waals surface area contributed by atoms with E-state index in [2.05, 4.69) is 12.2 Å². The minimum absolute atomic E-state index is 0.182. The molecule has 1 saturated carbocycles. The van der Waals surface area contributed by atoms with Gasteiger partial charge in [-0.05, 0) is 43.7 Å². The molecule has 1 aliphatic heterocycles. The fourth-order valence-electron chi connectivity index (χ4n) is 3.85. The molecule has 4 heteroatoms. The Hall–Kier alpha value is -0.870. The third-order valence-electron chi connectivity index (χ3n) is 5.13. The number of benzene rings is 1. The van der Waals surface area contributed by atoms with Crippen molar-refractivity contribution in [1.82, 2.24) is 5.32 Å². The number of hydrogen-bond donors (Lipinski definition) is 1. The average Bonchev–Trinajstić information content (AvgIpc) is 2.51. The lowest BCUT2D eigenvalue weighted by Gasteiger charge is -2.34. The van der Waals surface area contributed by atoms with Gasteiger partial charge in [0.05, 0.1) is 10.6 Å². The topological polar surface area (TPSA) is 46.2 Å². The summed E-state index contributed by atoms with van der Waals surface area (Å²) in [6.45, 7) is 2.27. The average molecular weight is 307 g/mol. The van der Waals surface area contributed by atoms with Crippen molar-refractivity contribution >= 4 is 9.84 Å². The molecule has 3 nitrogen and oxygen atoms in total. The molecule has 2 atom stereocenters. The molecular formula is C17H25NO2S. The van der Waals surface area contributed by atoms with Crippen LogP contribution in [0.3, 0.4) is 0 Å². The van der Waals surface area contributed by atoms with E-state index in [0.29, 0.717) is 17.4 Å². The van der Waals surface area contributed by atoms with Crippen molar-refractivity contribution in [2.45, 2.75) is 62.4 Å². The third-order valence-corrected chi connectivity index (χ3v) is 6.94. The van der Waals surface area contributed by atoms with E-state index in [9.17, 15) is 8.42 Å². The highest BCUT2D eigenvalue weighted by molar-refractivity contribution is 7.91. The molecule has 1 aromatic carbocycles. The minimum Gasteiger partial charge on any atom is -0.307 e. The van der Waals surface area contributed by atoms with Gasteiger partial charge in [0.15, 0.2) is 9.84 Å². The molecule has 0 spiro atoms. The first-order valence-corrected chi connectivity index (χ1v) is 9.81. The maximum atomic E-state index is 12.2. The molecule has 2 aliphatic rings. The van der Waals surface area contributed by atoms with Crippen molar-refractivity contribution in [2.75, 3.05) is 5.75 Å². The molecule has 2 unspecified atom stereocenters. The first kappa shape index (κ1) is 15.0. The van der Waals surface area contributed by atoms with Gasteiger partial charge in [-0.3, -0.25) is 0 Å². The van der Waals surface area contributed by atoms with Crippen molar-refractivity contribution in [3.8, 4) is 0 Å². The number of nitrogens with one attached hydrogen (secondary N) is 1. The van der Waals surface area contributed by atoms with Crippen molar-refractivity contribution in [3.63, 3.8) is 0 Å². The van der Waals surface area contributed by atoms with E-state index in [0.717, 1.165) is 11.5 Å². The largest absolute Gasteiger partial charge is 0.307 e. The second kappa shape index (κ2) is 6.09. The number of fused-ring (bicyclic) bond motifs is 1. The lowest BCUT2D eigenvalue weighted by atomic mass is 9.84. The molecule has 0 amide bonds. The zero-order chi connectivity index (χ0) is 14.9. The first-order valence-electron chi connectivity index (χ1n) is 8.15. The Bertz CT molecular complexity index is 591. The monoisotopic (exact) mass is 307 g/mol. The van der Waals surface area contributed by atoms with E-state index in [-0.39, 0.29) is 11.8 Å². The van der Waals surface area contributed by atoms with Crippen molar-refractivity contribution in [3.05, 3.63) is 29.8 Å². The molecule has 0 radical (unpaired) electrons. The normalized spacial score (nSPS) is 27.0. The summed E-state index contributed by atoms with van der Waals surface area (Å²) in [5.74, 6) is 1.00. The highest BCUT2D eigenvalue weighted by Gasteiger charge is 2.31. The molecule has 1 N–H and O–H groups in total. The van der Waals surface area contributed by atoms with Crippen LogP contribution in [-0.4, -0.2) is 20.2 Å². The Morgan fingerprint density at radius 1 is 1.10 bits per heavy atom. The van der Waals surface area contributed by atoms with Crippen LogP contribution in [0.5, 0.6) is 0 Å². The van der Waals surface area contributed by atoms with Crippen LogP contribution in [0.4, 0.5) is 0 Å². The fraction of sp³-hybridized carbons (Fsp3) is 0.647. The summed E-state index contributed by atoms with van der Waals surface area (Å²) < 4.78 is 24.4. The lowest BCUT2D eigenvalue weighted by molar-refractivity contribution is 0.261. The summed E-state index contributed by atoms with van der Waals surface area (Å²) in [6.07, 6.45) is 7.35. The summed E-state index contributed by atoms with van der Waals surface area (Å²) in [6, 6.07) is 8.13. The van der Waals surface area contributed by atoms with E-state index in [1.807, 2.05) is 18.2 Å². The van der Waals surface area contributed by atoms with Crippen LogP contribution in [-0.2, 0) is 9.84 Å². The zero-order valence-corrected chi connectivity index (χ0v) is 13.5. The van der Waals surface area contributed by atoms with Crippen LogP contribution in [0.25, 0.3) is 0 Å². The van der Waals surface area contributed by atoms with Gasteiger partial charge in [0.2, 0.25) is 0 Å². The standard InChI is InChI=1S/C17H25NO2S/c1-13(14-7-3-2-4-8-14)18-16-11-12-21(19,20)17-10-6-5-9-15(16)17/h5-6,9-10,13-14,16,18H,2-4,7-8,11-12H2,1H3. The quantitative estimate of drug-likeness (QED) is 0.930. The first-order chi connectivity index (χ1) is 10.1. The summed E-state index contributed by atoms with van der Waals surface area (Å²) in [7, 11) is -3.08. The summed E-state index contributed by atoms with van der Waals surface area (Å²) in [5, 5.41) is 3.72. The molecule has 0 saturated heterocycles. The van der Waals surface area contributed by atoms with Crippen LogP contribution in [0.1, 0.15) is 57.1 Å². The molecule has 1 fully saturated rings. The van der Waals surface area contributed by atoms with Gasteiger partial charge in [0.25, 0.3) is 0 Å². The SMILES string of the molecule is CC(NC1CCS(=O)(=O)c2ccccc21)C1CCCCC1. The predicted molar refractivity (Wildman–Crippen MR) is 85.0 cm³/mol. The predicted octanol–water partition coefficient (Wildman–Crippen LogP) is 3.46. The highest BCUT2D eigenvalue weighted by atomic mass is 32.2. The molecular weight excluding hydrogens is 282 g/mol. The second-order valence-electron chi connectivity index (χ2n) is 6.55. The second-order valence-corrected chi connectivity index (χ2v) is 8.63. The van der Waals surface area contributed by atoms with Gasteiger partial charge in [0, 0.05) is 12.1 Å². The van der Waals surface area contributed by atoms with Crippen LogP contribution < -0.4 is 5.32 Å². The molecule has 0 bridgehead atoms. The van der Waals surface area contributed by atoms with Crippen LogP contribution in [0, 0.1) is 5.92 Å². The molecule has 116 valence electrons. The van der Waals surface area contributed by atoms with Crippen LogP contribution in [0.2, 0.25) is 0 Å². The summed E-state index contributed by atoms with van der Waals surface area (Å²) in [4.78, 5) is 0.532. The maximum Gasteiger partial charge on any atom is 0.178 e. The van der Waals surface area contributed by atoms with Gasteiger partial charge < -0.3 is 5.32 Å². The van der Waals surface area contributed by atoms with E-state index in [4.69, 9.17) is 0 Å². The molecule has 1 aromatic rings. The van der Waals surface area contributed by atoms with Crippen molar-refractivity contribution in [1.29, 1.82) is 0 Å². The third kappa shape index (κ3) is 3.16. The van der Waals surface area contributed by atoms with Gasteiger partial charge in [-0.2, -0.15) is 0 Å². The summed E-state index contributed by atoms with van der Waals surface area (Å²) >= 11 is 0. The van der Waals surface area contributed by atoms with E-state index in [1.165, 1.54) is 32.1 Å². The van der Waals surface area contributed by atoms with Gasteiger partial charge in [-0.15, -0.1) is 0 Å². The zero-order valence-electron chi connectivity index (χ0n) is 12.7. The number of hydrogen-bond acceptors (Lipinski definition) is 3.